The second kappa shape index (κ2) is 3.79. The van der Waals surface area contributed by atoms with Gasteiger partial charge in [-0.1, -0.05) is 6.92 Å². The van der Waals surface area contributed by atoms with Gasteiger partial charge in [0.2, 0.25) is 0 Å². The van der Waals surface area contributed by atoms with Crippen molar-refractivity contribution < 1.29 is 15.0 Å². The minimum atomic E-state index is -1.10. The van der Waals surface area contributed by atoms with E-state index in [1.807, 2.05) is 0 Å². The van der Waals surface area contributed by atoms with Crippen LogP contribution in [0.4, 0.5) is 0 Å². The molecule has 0 aliphatic carbocycles. The van der Waals surface area contributed by atoms with Crippen molar-refractivity contribution in [2.75, 3.05) is 0 Å². The fraction of sp³-hybridized carbons (Fsp3) is 0.200. The first-order chi connectivity index (χ1) is 6.61. The first-order valence-corrected chi connectivity index (χ1v) is 4.10. The zero-order valence-corrected chi connectivity index (χ0v) is 7.61. The Hall–Kier alpha value is -2.02. The maximum absolute atomic E-state index is 10.7. The molecule has 0 saturated heterocycles. The van der Waals surface area contributed by atoms with Crippen molar-refractivity contribution in [1.82, 2.24) is 0 Å². The van der Waals surface area contributed by atoms with Gasteiger partial charge in [0.15, 0.2) is 0 Å². The second-order valence-electron chi connectivity index (χ2n) is 2.76. The van der Waals surface area contributed by atoms with Gasteiger partial charge in [0.05, 0.1) is 11.1 Å². The number of carboxylic acid groups (broad SMARTS) is 1. The molecule has 0 bridgehead atoms. The SMILES string of the molecule is CCc1c(C(=O)O)ccc(C#N)c1O. The molecule has 4 heteroatoms. The molecule has 0 aliphatic rings. The number of aromatic carboxylic acids is 1. The van der Waals surface area contributed by atoms with Crippen LogP contribution in [0.2, 0.25) is 0 Å². The van der Waals surface area contributed by atoms with Crippen molar-refractivity contribution in [1.29, 1.82) is 5.26 Å². The number of nitrogens with zero attached hydrogens (tertiary/aromatic N) is 1. The minimum Gasteiger partial charge on any atom is -0.506 e. The van der Waals surface area contributed by atoms with Gasteiger partial charge in [0.1, 0.15) is 11.8 Å². The van der Waals surface area contributed by atoms with Gasteiger partial charge >= 0.3 is 5.97 Å². The third-order valence-electron chi connectivity index (χ3n) is 1.99. The summed E-state index contributed by atoms with van der Waals surface area (Å²) in [7, 11) is 0. The number of aromatic hydroxyl groups is 1. The van der Waals surface area contributed by atoms with Gasteiger partial charge in [-0.15, -0.1) is 0 Å². The third-order valence-corrected chi connectivity index (χ3v) is 1.99. The Balaban J connectivity index is 3.45. The Bertz CT molecular complexity index is 418. The molecule has 1 aromatic carbocycles. The van der Waals surface area contributed by atoms with Gasteiger partial charge in [-0.25, -0.2) is 4.79 Å². The summed E-state index contributed by atoms with van der Waals surface area (Å²) in [5.41, 5.74) is 0.451. The summed E-state index contributed by atoms with van der Waals surface area (Å²) in [6, 6.07) is 4.43. The zero-order valence-electron chi connectivity index (χ0n) is 7.61. The van der Waals surface area contributed by atoms with Crippen molar-refractivity contribution in [3.63, 3.8) is 0 Å². The number of nitriles is 1. The maximum atomic E-state index is 10.7. The fourth-order valence-electron chi connectivity index (χ4n) is 1.28. The predicted molar refractivity (Wildman–Crippen MR) is 49.2 cm³/mol. The molecule has 0 aliphatic heterocycles. The smallest absolute Gasteiger partial charge is 0.336 e. The van der Waals surface area contributed by atoms with Crippen molar-refractivity contribution in [2.45, 2.75) is 13.3 Å². The van der Waals surface area contributed by atoms with E-state index in [-0.39, 0.29) is 16.9 Å². The van der Waals surface area contributed by atoms with E-state index in [1.165, 1.54) is 12.1 Å². The van der Waals surface area contributed by atoms with E-state index in [4.69, 9.17) is 10.4 Å². The van der Waals surface area contributed by atoms with Gasteiger partial charge < -0.3 is 10.2 Å². The molecule has 1 rings (SSSR count). The maximum Gasteiger partial charge on any atom is 0.336 e. The Morgan fingerprint density at radius 3 is 2.64 bits per heavy atom. The van der Waals surface area contributed by atoms with Crippen molar-refractivity contribution in [3.05, 3.63) is 28.8 Å². The van der Waals surface area contributed by atoms with E-state index in [2.05, 4.69) is 0 Å². The van der Waals surface area contributed by atoms with E-state index in [0.717, 1.165) is 0 Å². The monoisotopic (exact) mass is 191 g/mol. The Kier molecular flexibility index (Phi) is 2.73. The average Bonchev–Trinajstić information content (AvgIpc) is 2.17. The highest BCUT2D eigenvalue weighted by Gasteiger charge is 2.15. The summed E-state index contributed by atoms with van der Waals surface area (Å²) in [4.78, 5) is 10.7. The number of hydrogen-bond acceptors (Lipinski definition) is 3. The number of carboxylic acids is 1. The molecule has 0 atom stereocenters. The van der Waals surface area contributed by atoms with Crippen LogP contribution >= 0.6 is 0 Å². The molecule has 4 nitrogen and oxygen atoms in total. The van der Waals surface area contributed by atoms with Crippen LogP contribution in [-0.2, 0) is 6.42 Å². The van der Waals surface area contributed by atoms with E-state index in [9.17, 15) is 9.90 Å². The molecule has 0 unspecified atom stereocenters. The molecule has 0 saturated carbocycles. The molecule has 2 N–H and O–H groups in total. The Labute approximate surface area is 81.0 Å². The second-order valence-corrected chi connectivity index (χ2v) is 2.76. The van der Waals surface area contributed by atoms with Gasteiger partial charge in [0.25, 0.3) is 0 Å². The van der Waals surface area contributed by atoms with E-state index >= 15 is 0 Å². The zero-order chi connectivity index (χ0) is 10.7. The summed E-state index contributed by atoms with van der Waals surface area (Å²) >= 11 is 0. The molecule has 0 aromatic heterocycles. The lowest BCUT2D eigenvalue weighted by atomic mass is 10.0. The minimum absolute atomic E-state index is 0.0454. The fourth-order valence-corrected chi connectivity index (χ4v) is 1.28. The number of carbonyl (C=O) groups is 1. The molecule has 0 spiro atoms. The largest absolute Gasteiger partial charge is 0.506 e. The van der Waals surface area contributed by atoms with Crippen LogP contribution in [-0.4, -0.2) is 16.2 Å². The quantitative estimate of drug-likeness (QED) is 0.742. The summed E-state index contributed by atoms with van der Waals surface area (Å²) < 4.78 is 0. The van der Waals surface area contributed by atoms with E-state index in [0.29, 0.717) is 12.0 Å². The predicted octanol–water partition coefficient (Wildman–Crippen LogP) is 1.52. The highest BCUT2D eigenvalue weighted by molar-refractivity contribution is 5.90. The standard InChI is InChI=1S/C10H9NO3/c1-2-7-8(10(13)14)4-3-6(5-11)9(7)12/h3-4,12H,2H2,1H3,(H,13,14). The topological polar surface area (TPSA) is 81.3 Å². The molecule has 1 aromatic rings. The molecule has 0 fully saturated rings. The van der Waals surface area contributed by atoms with E-state index in [1.54, 1.807) is 13.0 Å². The van der Waals surface area contributed by atoms with Crippen molar-refractivity contribution >= 4 is 5.97 Å². The molecule has 0 radical (unpaired) electrons. The lowest BCUT2D eigenvalue weighted by Crippen LogP contribution is -2.02. The van der Waals surface area contributed by atoms with Crippen LogP contribution < -0.4 is 0 Å². The molecule has 0 heterocycles. The number of rotatable bonds is 2. The van der Waals surface area contributed by atoms with Gasteiger partial charge in [-0.3, -0.25) is 0 Å². The van der Waals surface area contributed by atoms with Crippen LogP contribution in [0.3, 0.4) is 0 Å². The average molecular weight is 191 g/mol. The lowest BCUT2D eigenvalue weighted by Gasteiger charge is -2.06. The lowest BCUT2D eigenvalue weighted by molar-refractivity contribution is 0.0695. The molecular weight excluding hydrogens is 182 g/mol. The highest BCUT2D eigenvalue weighted by Crippen LogP contribution is 2.26. The molecule has 0 amide bonds. The summed E-state index contributed by atoms with van der Waals surface area (Å²) in [5.74, 6) is -1.32. The summed E-state index contributed by atoms with van der Waals surface area (Å²) in [5, 5.41) is 26.9. The summed E-state index contributed by atoms with van der Waals surface area (Å²) in [6.07, 6.45) is 0.378. The highest BCUT2D eigenvalue weighted by atomic mass is 16.4. The first kappa shape index (κ1) is 10.1. The Morgan fingerprint density at radius 1 is 1.57 bits per heavy atom. The number of hydrogen-bond donors (Lipinski definition) is 2. The van der Waals surface area contributed by atoms with E-state index < -0.39 is 5.97 Å². The Morgan fingerprint density at radius 2 is 2.21 bits per heavy atom. The molecule has 72 valence electrons. The summed E-state index contributed by atoms with van der Waals surface area (Å²) in [6.45, 7) is 1.72. The van der Waals surface area contributed by atoms with Crippen molar-refractivity contribution in [3.8, 4) is 11.8 Å². The van der Waals surface area contributed by atoms with Gasteiger partial charge in [-0.2, -0.15) is 5.26 Å². The van der Waals surface area contributed by atoms with Gasteiger partial charge in [-0.05, 0) is 18.6 Å². The van der Waals surface area contributed by atoms with Crippen LogP contribution in [0, 0.1) is 11.3 Å². The van der Waals surface area contributed by atoms with Crippen LogP contribution in [0.25, 0.3) is 0 Å². The molecule has 14 heavy (non-hydrogen) atoms. The van der Waals surface area contributed by atoms with Gasteiger partial charge in [0, 0.05) is 5.56 Å². The molecular formula is C10H9NO3. The third kappa shape index (κ3) is 1.52. The number of benzene rings is 1. The normalized spacial score (nSPS) is 9.43. The first-order valence-electron chi connectivity index (χ1n) is 4.10. The number of phenols is 1. The van der Waals surface area contributed by atoms with Crippen LogP contribution in [0.5, 0.6) is 5.75 Å². The number of phenolic OH excluding ortho intramolecular Hbond substituents is 1. The van der Waals surface area contributed by atoms with Crippen LogP contribution in [0.1, 0.15) is 28.4 Å². The van der Waals surface area contributed by atoms with Crippen LogP contribution in [0.15, 0.2) is 12.1 Å². The van der Waals surface area contributed by atoms with Crippen molar-refractivity contribution in [2.24, 2.45) is 0 Å².